The van der Waals surface area contributed by atoms with Crippen molar-refractivity contribution in [1.29, 1.82) is 0 Å². The lowest BCUT2D eigenvalue weighted by molar-refractivity contribution is -0.122. The van der Waals surface area contributed by atoms with Crippen molar-refractivity contribution in [1.82, 2.24) is 5.32 Å². The normalized spacial score (nSPS) is 11.9. The Kier molecular flexibility index (Phi) is 5.82. The Morgan fingerprint density at radius 1 is 1.32 bits per heavy atom. The van der Waals surface area contributed by atoms with Gasteiger partial charge in [-0.25, -0.2) is 8.42 Å². The van der Waals surface area contributed by atoms with Crippen LogP contribution < -0.4 is 14.4 Å². The number of rotatable bonds is 6. The van der Waals surface area contributed by atoms with E-state index in [1.165, 1.54) is 11.4 Å². The van der Waals surface area contributed by atoms with Crippen LogP contribution in [0.15, 0.2) is 24.3 Å². The maximum Gasteiger partial charge on any atom is 0.232 e. The fourth-order valence-electron chi connectivity index (χ4n) is 1.94. The van der Waals surface area contributed by atoms with E-state index in [0.717, 1.165) is 6.26 Å². The molecule has 22 heavy (non-hydrogen) atoms. The molecule has 0 unspecified atom stereocenters. The predicted molar refractivity (Wildman–Crippen MR) is 87.7 cm³/mol. The summed E-state index contributed by atoms with van der Waals surface area (Å²) in [6.45, 7) is 5.71. The highest BCUT2D eigenvalue weighted by Crippen LogP contribution is 2.23. The zero-order valence-corrected chi connectivity index (χ0v) is 14.5. The summed E-state index contributed by atoms with van der Waals surface area (Å²) in [5.41, 5.74) is 0.133. The average molecular weight is 328 g/mol. The van der Waals surface area contributed by atoms with Crippen LogP contribution >= 0.6 is 0 Å². The van der Waals surface area contributed by atoms with E-state index in [1.807, 2.05) is 20.8 Å². The van der Waals surface area contributed by atoms with E-state index in [0.29, 0.717) is 11.4 Å². The summed E-state index contributed by atoms with van der Waals surface area (Å²) in [6, 6.07) is 6.74. The Morgan fingerprint density at radius 2 is 1.95 bits per heavy atom. The van der Waals surface area contributed by atoms with Gasteiger partial charge >= 0.3 is 0 Å². The van der Waals surface area contributed by atoms with E-state index in [-0.39, 0.29) is 24.4 Å². The molecular formula is C15H24N2O4S. The van der Waals surface area contributed by atoms with Crippen LogP contribution in [-0.4, -0.2) is 39.8 Å². The minimum atomic E-state index is -3.48. The molecule has 124 valence electrons. The number of hydrogen-bond donors (Lipinski definition) is 1. The molecule has 7 heteroatoms. The van der Waals surface area contributed by atoms with Gasteiger partial charge in [0.05, 0.1) is 19.1 Å². The number of sulfonamides is 1. The molecule has 0 radical (unpaired) electrons. The largest absolute Gasteiger partial charge is 0.497 e. The second kappa shape index (κ2) is 7.00. The first-order valence-corrected chi connectivity index (χ1v) is 8.80. The van der Waals surface area contributed by atoms with E-state index in [1.54, 1.807) is 24.3 Å². The van der Waals surface area contributed by atoms with Crippen LogP contribution in [0.4, 0.5) is 5.69 Å². The molecule has 6 nitrogen and oxygen atoms in total. The van der Waals surface area contributed by atoms with Crippen molar-refractivity contribution in [2.45, 2.75) is 32.7 Å². The van der Waals surface area contributed by atoms with Crippen LogP contribution in [0, 0.1) is 0 Å². The maximum atomic E-state index is 12.0. The molecule has 0 aromatic heterocycles. The van der Waals surface area contributed by atoms with Crippen molar-refractivity contribution in [2.75, 3.05) is 24.2 Å². The summed E-state index contributed by atoms with van der Waals surface area (Å²) in [7, 11) is -1.97. The summed E-state index contributed by atoms with van der Waals surface area (Å²) in [5, 5.41) is 2.81. The number of amides is 1. The third kappa shape index (κ3) is 5.93. The van der Waals surface area contributed by atoms with E-state index in [2.05, 4.69) is 5.32 Å². The van der Waals surface area contributed by atoms with Crippen molar-refractivity contribution in [3.8, 4) is 5.75 Å². The molecule has 0 saturated carbocycles. The molecule has 1 rings (SSSR count). The van der Waals surface area contributed by atoms with Gasteiger partial charge in [-0.15, -0.1) is 0 Å². The fourth-order valence-corrected chi connectivity index (χ4v) is 2.86. The molecular weight excluding hydrogens is 304 g/mol. The van der Waals surface area contributed by atoms with Crippen molar-refractivity contribution < 1.29 is 17.9 Å². The number of benzene rings is 1. The van der Waals surface area contributed by atoms with Crippen LogP contribution in [0.3, 0.4) is 0 Å². The number of ether oxygens (including phenoxy) is 1. The van der Waals surface area contributed by atoms with Crippen LogP contribution in [0.1, 0.15) is 27.2 Å². The minimum absolute atomic E-state index is 0.0773. The van der Waals surface area contributed by atoms with E-state index in [9.17, 15) is 13.2 Å². The lowest BCUT2D eigenvalue weighted by Crippen LogP contribution is -2.42. The summed E-state index contributed by atoms with van der Waals surface area (Å²) >= 11 is 0. The average Bonchev–Trinajstić information content (AvgIpc) is 2.35. The Morgan fingerprint density at radius 3 is 2.45 bits per heavy atom. The lowest BCUT2D eigenvalue weighted by atomic mass is 10.1. The number of anilines is 1. The molecule has 0 aliphatic heterocycles. The number of carbonyl (C=O) groups excluding carboxylic acids is 1. The van der Waals surface area contributed by atoms with Crippen molar-refractivity contribution >= 4 is 21.6 Å². The molecule has 0 spiro atoms. The zero-order valence-electron chi connectivity index (χ0n) is 13.7. The van der Waals surface area contributed by atoms with Gasteiger partial charge in [0.25, 0.3) is 0 Å². The quantitative estimate of drug-likeness (QED) is 0.863. The van der Waals surface area contributed by atoms with Gasteiger partial charge < -0.3 is 10.1 Å². The molecule has 1 N–H and O–H groups in total. The summed E-state index contributed by atoms with van der Waals surface area (Å²) in [4.78, 5) is 11.9. The Hall–Kier alpha value is -1.76. The highest BCUT2D eigenvalue weighted by molar-refractivity contribution is 7.92. The van der Waals surface area contributed by atoms with Gasteiger partial charge in [0.15, 0.2) is 0 Å². The number of methoxy groups -OCH3 is 1. The first-order chi connectivity index (χ1) is 10.0. The van der Waals surface area contributed by atoms with Gasteiger partial charge in [-0.05, 0) is 32.9 Å². The first kappa shape index (κ1) is 18.3. The lowest BCUT2D eigenvalue weighted by Gasteiger charge is -2.24. The number of nitrogens with zero attached hydrogens (tertiary/aromatic N) is 1. The standard InChI is InChI=1S/C15H24N2O4S/c1-15(2,3)16-14(18)9-10-17(22(5,19)20)12-7-6-8-13(11-12)21-4/h6-8,11H,9-10H2,1-5H3,(H,16,18). The van der Waals surface area contributed by atoms with Crippen LogP contribution in [0.2, 0.25) is 0 Å². The number of hydrogen-bond acceptors (Lipinski definition) is 4. The monoisotopic (exact) mass is 328 g/mol. The molecule has 1 aromatic rings. The Bertz CT molecular complexity index is 621. The smallest absolute Gasteiger partial charge is 0.232 e. The topological polar surface area (TPSA) is 75.7 Å². The minimum Gasteiger partial charge on any atom is -0.497 e. The fraction of sp³-hybridized carbons (Fsp3) is 0.533. The van der Waals surface area contributed by atoms with Gasteiger partial charge in [0, 0.05) is 24.6 Å². The molecule has 0 fully saturated rings. The second-order valence-corrected chi connectivity index (χ2v) is 7.99. The van der Waals surface area contributed by atoms with E-state index < -0.39 is 10.0 Å². The van der Waals surface area contributed by atoms with E-state index >= 15 is 0 Å². The van der Waals surface area contributed by atoms with Gasteiger partial charge in [-0.1, -0.05) is 6.07 Å². The van der Waals surface area contributed by atoms with Crippen LogP contribution in [0.5, 0.6) is 5.75 Å². The zero-order chi connectivity index (χ0) is 17.0. The highest BCUT2D eigenvalue weighted by Gasteiger charge is 2.20. The summed E-state index contributed by atoms with van der Waals surface area (Å²) in [5.74, 6) is 0.370. The van der Waals surface area contributed by atoms with Gasteiger partial charge in [0.2, 0.25) is 15.9 Å². The summed E-state index contributed by atoms with van der Waals surface area (Å²) in [6.07, 6.45) is 1.20. The van der Waals surface area contributed by atoms with Crippen LogP contribution in [0.25, 0.3) is 0 Å². The number of carbonyl (C=O) groups is 1. The van der Waals surface area contributed by atoms with E-state index in [4.69, 9.17) is 4.74 Å². The van der Waals surface area contributed by atoms with Crippen molar-refractivity contribution in [3.63, 3.8) is 0 Å². The molecule has 0 atom stereocenters. The van der Waals surface area contributed by atoms with Crippen LogP contribution in [-0.2, 0) is 14.8 Å². The molecule has 0 saturated heterocycles. The molecule has 0 heterocycles. The number of nitrogens with one attached hydrogen (secondary N) is 1. The Labute approximate surface area is 132 Å². The van der Waals surface area contributed by atoms with Crippen molar-refractivity contribution in [3.05, 3.63) is 24.3 Å². The Balaban J connectivity index is 2.89. The SMILES string of the molecule is COc1cccc(N(CCC(=O)NC(C)(C)C)S(C)(=O)=O)c1. The third-order valence-electron chi connectivity index (χ3n) is 2.80. The molecule has 0 aliphatic rings. The third-order valence-corrected chi connectivity index (χ3v) is 3.99. The maximum absolute atomic E-state index is 12.0. The second-order valence-electron chi connectivity index (χ2n) is 6.08. The van der Waals surface area contributed by atoms with Gasteiger partial charge in [-0.3, -0.25) is 9.10 Å². The van der Waals surface area contributed by atoms with Gasteiger partial charge in [-0.2, -0.15) is 0 Å². The highest BCUT2D eigenvalue weighted by atomic mass is 32.2. The molecule has 1 aromatic carbocycles. The van der Waals surface area contributed by atoms with Crippen molar-refractivity contribution in [2.24, 2.45) is 0 Å². The first-order valence-electron chi connectivity index (χ1n) is 6.96. The molecule has 0 bridgehead atoms. The molecule has 0 aliphatic carbocycles. The summed E-state index contributed by atoms with van der Waals surface area (Å²) < 4.78 is 30.3. The van der Waals surface area contributed by atoms with Gasteiger partial charge in [0.1, 0.15) is 5.75 Å². The predicted octanol–water partition coefficient (Wildman–Crippen LogP) is 1.77. The molecule has 1 amide bonds.